The second-order valence-electron chi connectivity index (χ2n) is 1.31. The van der Waals surface area contributed by atoms with Gasteiger partial charge in [-0.2, -0.15) is 0 Å². The number of amides is 1. The van der Waals surface area contributed by atoms with Crippen LogP contribution in [0.5, 0.6) is 0 Å². The minimum atomic E-state index is 0.234. The first-order valence-electron chi connectivity index (χ1n) is 2.13. The Kier molecular flexibility index (Phi) is 3.32. The van der Waals surface area contributed by atoms with E-state index < -0.39 is 0 Å². The largest absolute Gasteiger partial charge is 0.356 e. The predicted molar refractivity (Wildman–Crippen MR) is 33.1 cm³/mol. The highest BCUT2D eigenvalue weighted by Crippen LogP contribution is 1.68. The van der Waals surface area contributed by atoms with Gasteiger partial charge >= 0.3 is 0 Å². The fourth-order valence-electron chi connectivity index (χ4n) is 0.175. The van der Waals surface area contributed by atoms with Crippen LogP contribution in [0.25, 0.3) is 0 Å². The van der Waals surface area contributed by atoms with E-state index in [4.69, 9.17) is 0 Å². The molecule has 0 aromatic heterocycles. The number of hydrogen-bond donors (Lipinski definition) is 1. The smallest absolute Gasteiger partial charge is 0.207 e. The number of carbonyl (C=O) groups excluding carboxylic acids is 1. The van der Waals surface area contributed by atoms with Crippen molar-refractivity contribution in [3.8, 4) is 0 Å². The van der Waals surface area contributed by atoms with Crippen LogP contribution in [-0.2, 0) is 4.79 Å². The van der Waals surface area contributed by atoms with Crippen LogP contribution in [0.15, 0.2) is 12.7 Å². The van der Waals surface area contributed by atoms with E-state index in [0.29, 0.717) is 6.41 Å². The van der Waals surface area contributed by atoms with E-state index in [1.165, 1.54) is 0 Å². The predicted octanol–water partition coefficient (Wildman–Crippen LogP) is -1.39. The highest BCUT2D eigenvalue weighted by molar-refractivity contribution is 6.13. The van der Waals surface area contributed by atoms with Crippen LogP contribution in [0, 0.1) is 0 Å². The molecule has 0 heterocycles. The molecule has 7 heavy (non-hydrogen) atoms. The standard InChI is InChI=1S/C4H9NOSi/c1-2-4(7)5-3-6/h2-4H,1H2,7H3,(H,5,6). The number of carbonyl (C=O) groups is 1. The van der Waals surface area contributed by atoms with Gasteiger partial charge in [-0.05, 0) is 0 Å². The van der Waals surface area contributed by atoms with Crippen molar-refractivity contribution < 1.29 is 4.79 Å². The minimum absolute atomic E-state index is 0.234. The maximum atomic E-state index is 9.64. The van der Waals surface area contributed by atoms with Gasteiger partial charge in [0.2, 0.25) is 6.41 Å². The Morgan fingerprint density at radius 3 is 2.57 bits per heavy atom. The van der Waals surface area contributed by atoms with Crippen molar-refractivity contribution in [1.29, 1.82) is 0 Å². The Labute approximate surface area is 46.0 Å². The number of rotatable bonds is 3. The molecule has 1 atom stereocenters. The summed E-state index contributed by atoms with van der Waals surface area (Å²) in [5, 5.41) is 2.56. The van der Waals surface area contributed by atoms with Crippen LogP contribution in [0.4, 0.5) is 0 Å². The van der Waals surface area contributed by atoms with Crippen molar-refractivity contribution in [3.63, 3.8) is 0 Å². The van der Waals surface area contributed by atoms with E-state index in [9.17, 15) is 4.79 Å². The van der Waals surface area contributed by atoms with E-state index in [0.717, 1.165) is 10.2 Å². The van der Waals surface area contributed by atoms with Crippen LogP contribution in [-0.4, -0.2) is 22.3 Å². The molecule has 0 aliphatic carbocycles. The van der Waals surface area contributed by atoms with Gasteiger partial charge in [0, 0.05) is 15.9 Å². The Morgan fingerprint density at radius 1 is 1.86 bits per heavy atom. The molecule has 0 saturated heterocycles. The zero-order valence-corrected chi connectivity index (χ0v) is 6.35. The second-order valence-corrected chi connectivity index (χ2v) is 2.55. The van der Waals surface area contributed by atoms with Crippen molar-refractivity contribution >= 4 is 16.7 Å². The monoisotopic (exact) mass is 115 g/mol. The van der Waals surface area contributed by atoms with Crippen LogP contribution in [0.3, 0.4) is 0 Å². The second kappa shape index (κ2) is 3.61. The van der Waals surface area contributed by atoms with Crippen molar-refractivity contribution in [3.05, 3.63) is 12.7 Å². The third kappa shape index (κ3) is 3.25. The molecule has 0 bridgehead atoms. The summed E-state index contributed by atoms with van der Waals surface area (Å²) in [5.74, 6) is 0. The zero-order valence-electron chi connectivity index (χ0n) is 4.35. The molecular weight excluding hydrogens is 106 g/mol. The first kappa shape index (κ1) is 6.43. The van der Waals surface area contributed by atoms with E-state index in [-0.39, 0.29) is 5.67 Å². The summed E-state index contributed by atoms with van der Waals surface area (Å²) in [6, 6.07) is 0. The van der Waals surface area contributed by atoms with Crippen LogP contribution in [0.2, 0.25) is 0 Å². The third-order valence-corrected chi connectivity index (χ3v) is 1.49. The molecular formula is C4H9NOSi. The van der Waals surface area contributed by atoms with Crippen molar-refractivity contribution in [2.45, 2.75) is 5.67 Å². The molecule has 0 aromatic rings. The van der Waals surface area contributed by atoms with Gasteiger partial charge in [-0.3, -0.25) is 4.79 Å². The maximum Gasteiger partial charge on any atom is 0.207 e. The molecule has 0 rings (SSSR count). The van der Waals surface area contributed by atoms with Gasteiger partial charge in [0.15, 0.2) is 0 Å². The molecule has 0 aliphatic rings. The quantitative estimate of drug-likeness (QED) is 0.274. The lowest BCUT2D eigenvalue weighted by Crippen LogP contribution is -2.24. The highest BCUT2D eigenvalue weighted by atomic mass is 28.1. The van der Waals surface area contributed by atoms with Crippen molar-refractivity contribution in [2.75, 3.05) is 0 Å². The zero-order chi connectivity index (χ0) is 5.70. The maximum absolute atomic E-state index is 9.64. The Morgan fingerprint density at radius 2 is 2.43 bits per heavy atom. The van der Waals surface area contributed by atoms with E-state index in [1.807, 2.05) is 0 Å². The molecule has 0 fully saturated rings. The summed E-state index contributed by atoms with van der Waals surface area (Å²) in [7, 11) is 0.939. The molecule has 0 spiro atoms. The molecule has 0 radical (unpaired) electrons. The van der Waals surface area contributed by atoms with Gasteiger partial charge in [-0.25, -0.2) is 0 Å². The van der Waals surface area contributed by atoms with Gasteiger partial charge in [-0.15, -0.1) is 6.58 Å². The summed E-state index contributed by atoms with van der Waals surface area (Å²) in [4.78, 5) is 9.64. The summed E-state index contributed by atoms with van der Waals surface area (Å²) < 4.78 is 0. The lowest BCUT2D eigenvalue weighted by atomic mass is 10.6. The first-order chi connectivity index (χ1) is 3.31. The molecule has 0 saturated carbocycles. The molecule has 0 aromatic carbocycles. The van der Waals surface area contributed by atoms with E-state index in [2.05, 4.69) is 11.9 Å². The fourth-order valence-corrected chi connectivity index (χ4v) is 0.311. The summed E-state index contributed by atoms with van der Waals surface area (Å²) in [5.41, 5.74) is 0.234. The van der Waals surface area contributed by atoms with E-state index in [1.54, 1.807) is 6.08 Å². The van der Waals surface area contributed by atoms with Gasteiger partial charge in [0.1, 0.15) is 0 Å². The fraction of sp³-hybridized carbons (Fsp3) is 0.250. The summed E-state index contributed by atoms with van der Waals surface area (Å²) in [6.07, 6.45) is 2.42. The summed E-state index contributed by atoms with van der Waals surface area (Å²) in [6.45, 7) is 3.49. The average molecular weight is 115 g/mol. The highest BCUT2D eigenvalue weighted by Gasteiger charge is 1.85. The van der Waals surface area contributed by atoms with Gasteiger partial charge in [-0.1, -0.05) is 6.08 Å². The van der Waals surface area contributed by atoms with Crippen molar-refractivity contribution in [2.24, 2.45) is 0 Å². The Bertz CT molecular complexity index is 74.1. The Hall–Kier alpha value is -0.573. The molecule has 40 valence electrons. The van der Waals surface area contributed by atoms with Gasteiger partial charge < -0.3 is 5.32 Å². The van der Waals surface area contributed by atoms with Crippen LogP contribution < -0.4 is 5.32 Å². The molecule has 0 aliphatic heterocycles. The van der Waals surface area contributed by atoms with Crippen LogP contribution in [0.1, 0.15) is 0 Å². The molecule has 3 heteroatoms. The Balaban J connectivity index is 3.15. The topological polar surface area (TPSA) is 29.1 Å². The molecule has 1 unspecified atom stereocenters. The lowest BCUT2D eigenvalue weighted by molar-refractivity contribution is -0.109. The normalized spacial score (nSPS) is 12.6. The molecule has 2 nitrogen and oxygen atoms in total. The average Bonchev–Trinajstić information content (AvgIpc) is 1.68. The lowest BCUT2D eigenvalue weighted by Gasteiger charge is -1.98. The third-order valence-electron chi connectivity index (χ3n) is 0.684. The number of nitrogens with one attached hydrogen (secondary N) is 1. The minimum Gasteiger partial charge on any atom is -0.356 e. The van der Waals surface area contributed by atoms with Crippen LogP contribution >= 0.6 is 0 Å². The summed E-state index contributed by atoms with van der Waals surface area (Å²) >= 11 is 0. The number of hydrogen-bond acceptors (Lipinski definition) is 1. The molecule has 1 amide bonds. The van der Waals surface area contributed by atoms with Crippen molar-refractivity contribution in [1.82, 2.24) is 5.32 Å². The molecule has 1 N–H and O–H groups in total. The first-order valence-corrected chi connectivity index (χ1v) is 3.29. The van der Waals surface area contributed by atoms with Gasteiger partial charge in [0.05, 0.1) is 0 Å². The van der Waals surface area contributed by atoms with E-state index >= 15 is 0 Å². The van der Waals surface area contributed by atoms with Gasteiger partial charge in [0.25, 0.3) is 0 Å². The SMILES string of the molecule is C=CC([SiH3])NC=O.